The van der Waals surface area contributed by atoms with Gasteiger partial charge in [-0.1, -0.05) is 23.2 Å². The van der Waals surface area contributed by atoms with E-state index < -0.39 is 23.8 Å². The molecule has 11 heteroatoms. The Balaban J connectivity index is 1.61. The fourth-order valence-corrected chi connectivity index (χ4v) is 2.68. The maximum atomic E-state index is 12.7. The maximum absolute atomic E-state index is 12.7. The number of hydrogen-bond donors (Lipinski definition) is 1. The highest BCUT2D eigenvalue weighted by molar-refractivity contribution is 6.33. The van der Waals surface area contributed by atoms with E-state index in [1.807, 2.05) is 0 Å². The van der Waals surface area contributed by atoms with E-state index in [2.05, 4.69) is 15.3 Å². The minimum absolute atomic E-state index is 0.177. The summed E-state index contributed by atoms with van der Waals surface area (Å²) in [5.41, 5.74) is -0.979. The summed E-state index contributed by atoms with van der Waals surface area (Å²) in [6, 6.07) is 9.98. The highest BCUT2D eigenvalue weighted by Crippen LogP contribution is 2.35. The largest absolute Gasteiger partial charge is 0.481 e. The van der Waals surface area contributed by atoms with E-state index in [0.717, 1.165) is 6.07 Å². The lowest BCUT2D eigenvalue weighted by Gasteiger charge is -2.15. The van der Waals surface area contributed by atoms with E-state index in [0.29, 0.717) is 17.0 Å². The molecule has 0 spiro atoms. The number of nitrogens with zero attached hydrogens (tertiary/aromatic N) is 2. The second kappa shape index (κ2) is 9.40. The summed E-state index contributed by atoms with van der Waals surface area (Å²) >= 11 is 11.8. The van der Waals surface area contributed by atoms with Gasteiger partial charge in [0.25, 0.3) is 5.91 Å². The van der Waals surface area contributed by atoms with Crippen LogP contribution in [0.15, 0.2) is 54.9 Å². The highest BCUT2D eigenvalue weighted by atomic mass is 35.5. The van der Waals surface area contributed by atoms with Crippen molar-refractivity contribution in [3.8, 4) is 17.4 Å². The van der Waals surface area contributed by atoms with Crippen LogP contribution in [0.1, 0.15) is 12.5 Å². The second-order valence-corrected chi connectivity index (χ2v) is 6.98. The normalized spacial score (nSPS) is 12.2. The number of carbonyl (C=O) groups is 1. The van der Waals surface area contributed by atoms with Crippen LogP contribution in [0, 0.1) is 0 Å². The molecule has 31 heavy (non-hydrogen) atoms. The van der Waals surface area contributed by atoms with E-state index in [9.17, 15) is 18.0 Å². The average molecular weight is 472 g/mol. The van der Waals surface area contributed by atoms with Crippen LogP contribution in [0.25, 0.3) is 0 Å². The Labute approximate surface area is 184 Å². The van der Waals surface area contributed by atoms with Gasteiger partial charge in [0.1, 0.15) is 16.5 Å². The Morgan fingerprint density at radius 3 is 2.35 bits per heavy atom. The second-order valence-electron chi connectivity index (χ2n) is 6.17. The van der Waals surface area contributed by atoms with Gasteiger partial charge < -0.3 is 14.8 Å². The van der Waals surface area contributed by atoms with E-state index in [1.165, 1.54) is 30.5 Å². The number of ether oxygens (including phenoxy) is 2. The zero-order valence-electron chi connectivity index (χ0n) is 15.8. The molecule has 0 saturated carbocycles. The molecule has 0 bridgehead atoms. The van der Waals surface area contributed by atoms with Crippen LogP contribution in [-0.4, -0.2) is 22.0 Å². The van der Waals surface area contributed by atoms with Gasteiger partial charge in [-0.2, -0.15) is 13.2 Å². The molecule has 162 valence electrons. The van der Waals surface area contributed by atoms with Crippen molar-refractivity contribution in [1.29, 1.82) is 0 Å². The van der Waals surface area contributed by atoms with Gasteiger partial charge in [-0.3, -0.25) is 4.79 Å². The van der Waals surface area contributed by atoms with Crippen molar-refractivity contribution in [2.24, 2.45) is 0 Å². The van der Waals surface area contributed by atoms with Gasteiger partial charge in [0.2, 0.25) is 5.88 Å². The summed E-state index contributed by atoms with van der Waals surface area (Å²) in [6.45, 7) is 1.54. The summed E-state index contributed by atoms with van der Waals surface area (Å²) in [4.78, 5) is 19.8. The predicted molar refractivity (Wildman–Crippen MR) is 109 cm³/mol. The van der Waals surface area contributed by atoms with Gasteiger partial charge in [0, 0.05) is 12.4 Å². The van der Waals surface area contributed by atoms with E-state index in [4.69, 9.17) is 32.7 Å². The Morgan fingerprint density at radius 2 is 1.74 bits per heavy atom. The topological polar surface area (TPSA) is 73.3 Å². The zero-order valence-corrected chi connectivity index (χ0v) is 17.3. The quantitative estimate of drug-likeness (QED) is 0.477. The van der Waals surface area contributed by atoms with Crippen LogP contribution in [0.2, 0.25) is 10.0 Å². The molecule has 1 atom stereocenters. The van der Waals surface area contributed by atoms with Crippen LogP contribution in [0.5, 0.6) is 17.4 Å². The van der Waals surface area contributed by atoms with Crippen LogP contribution in [0.4, 0.5) is 19.0 Å². The van der Waals surface area contributed by atoms with Gasteiger partial charge in [-0.25, -0.2) is 9.97 Å². The zero-order chi connectivity index (χ0) is 22.6. The van der Waals surface area contributed by atoms with Crippen molar-refractivity contribution in [3.05, 3.63) is 70.5 Å². The lowest BCUT2D eigenvalue weighted by Crippen LogP contribution is -2.30. The molecule has 1 N–H and O–H groups in total. The number of carbonyl (C=O) groups excluding carboxylic acids is 1. The first-order valence-corrected chi connectivity index (χ1v) is 9.48. The lowest BCUT2D eigenvalue weighted by molar-refractivity contribution is -0.137. The van der Waals surface area contributed by atoms with E-state index in [1.54, 1.807) is 19.1 Å². The molecule has 0 aliphatic heterocycles. The molecule has 3 rings (SSSR count). The molecule has 0 radical (unpaired) electrons. The van der Waals surface area contributed by atoms with E-state index >= 15 is 0 Å². The van der Waals surface area contributed by atoms with Gasteiger partial charge in [0.05, 0.1) is 10.6 Å². The fourth-order valence-electron chi connectivity index (χ4n) is 2.31. The van der Waals surface area contributed by atoms with Crippen LogP contribution < -0.4 is 14.8 Å². The Hall–Kier alpha value is -3.04. The van der Waals surface area contributed by atoms with E-state index in [-0.39, 0.29) is 22.5 Å². The summed E-state index contributed by atoms with van der Waals surface area (Å²) in [7, 11) is 0. The first kappa shape index (κ1) is 22.6. The van der Waals surface area contributed by atoms with Crippen LogP contribution in [0.3, 0.4) is 0 Å². The minimum Gasteiger partial charge on any atom is -0.481 e. The molecule has 3 aromatic rings. The van der Waals surface area contributed by atoms with Crippen molar-refractivity contribution in [1.82, 2.24) is 9.97 Å². The summed E-state index contributed by atoms with van der Waals surface area (Å²) < 4.78 is 49.0. The summed E-state index contributed by atoms with van der Waals surface area (Å²) in [6.07, 6.45) is -3.30. The molecule has 1 aromatic carbocycles. The number of amides is 1. The Morgan fingerprint density at radius 1 is 1.06 bits per heavy atom. The Bertz CT molecular complexity index is 1080. The van der Waals surface area contributed by atoms with Crippen molar-refractivity contribution >= 4 is 34.9 Å². The smallest absolute Gasteiger partial charge is 0.417 e. The maximum Gasteiger partial charge on any atom is 0.417 e. The molecule has 0 fully saturated rings. The van der Waals surface area contributed by atoms with Crippen molar-refractivity contribution in [2.45, 2.75) is 19.2 Å². The third-order valence-corrected chi connectivity index (χ3v) is 4.43. The number of halogens is 5. The lowest BCUT2D eigenvalue weighted by atomic mass is 10.3. The SMILES string of the molecule is C[C@@H](Oc1ccc(Oc2ncc(C(F)(F)F)cc2Cl)cc1)C(=O)Nc1ncccc1Cl. The number of aromatic nitrogens is 2. The number of nitrogens with one attached hydrogen (secondary N) is 1. The molecule has 2 aromatic heterocycles. The number of alkyl halides is 3. The molecule has 0 saturated heterocycles. The number of rotatable bonds is 6. The molecular weight excluding hydrogens is 458 g/mol. The van der Waals surface area contributed by atoms with Crippen molar-refractivity contribution in [2.75, 3.05) is 5.32 Å². The number of pyridine rings is 2. The number of benzene rings is 1. The predicted octanol–water partition coefficient (Wildman–Crippen LogP) is 6.00. The van der Waals surface area contributed by atoms with Gasteiger partial charge in [0.15, 0.2) is 11.9 Å². The minimum atomic E-state index is -4.56. The molecule has 6 nitrogen and oxygen atoms in total. The highest BCUT2D eigenvalue weighted by Gasteiger charge is 2.31. The Kier molecular flexibility index (Phi) is 6.87. The molecule has 0 aliphatic carbocycles. The van der Waals surface area contributed by atoms with Crippen LogP contribution in [-0.2, 0) is 11.0 Å². The molecule has 0 aliphatic rings. The first-order chi connectivity index (χ1) is 14.6. The molecular formula is C20H14Cl2F3N3O3. The van der Waals surface area contributed by atoms with Crippen molar-refractivity contribution < 1.29 is 27.4 Å². The number of hydrogen-bond acceptors (Lipinski definition) is 5. The van der Waals surface area contributed by atoms with Gasteiger partial charge >= 0.3 is 6.18 Å². The van der Waals surface area contributed by atoms with Crippen molar-refractivity contribution in [3.63, 3.8) is 0 Å². The first-order valence-electron chi connectivity index (χ1n) is 8.72. The monoisotopic (exact) mass is 471 g/mol. The molecule has 1 amide bonds. The third kappa shape index (κ3) is 5.99. The third-order valence-electron chi connectivity index (χ3n) is 3.86. The summed E-state index contributed by atoms with van der Waals surface area (Å²) in [5, 5.41) is 2.57. The number of anilines is 1. The van der Waals surface area contributed by atoms with Gasteiger partial charge in [-0.05, 0) is 49.4 Å². The molecule has 2 heterocycles. The standard InChI is InChI=1S/C20H14Cl2F3N3O3/c1-11(18(29)28-17-15(21)3-2-8-26-17)30-13-4-6-14(7-5-13)31-19-16(22)9-12(10-27-19)20(23,24)25/h2-11H,1H3,(H,26,28,29)/t11-/m1/s1. The molecule has 0 unspecified atom stereocenters. The average Bonchev–Trinajstić information content (AvgIpc) is 2.71. The van der Waals surface area contributed by atoms with Crippen LogP contribution >= 0.6 is 23.2 Å². The fraction of sp³-hybridized carbons (Fsp3) is 0.150. The summed E-state index contributed by atoms with van der Waals surface area (Å²) in [5.74, 6) is 0.201. The van der Waals surface area contributed by atoms with Gasteiger partial charge in [-0.15, -0.1) is 0 Å².